The van der Waals surface area contributed by atoms with E-state index >= 15 is 0 Å². The van der Waals surface area contributed by atoms with Gasteiger partial charge in [-0.05, 0) is 45.5 Å². The molecule has 3 nitrogen and oxygen atoms in total. The first-order chi connectivity index (χ1) is 26.3. The first kappa shape index (κ1) is 29.2. The SMILES string of the molecule is c1ccc(-c2ccc(-c3nc(-n4c5ccccc5c5c6sc7ccccc7c6c6ccccc6c54)nc4sc5ccccc5c34)c3ccccc23)cc1. The summed E-state index contributed by atoms with van der Waals surface area (Å²) in [6, 6.07) is 59.1. The van der Waals surface area contributed by atoms with E-state index < -0.39 is 0 Å². The third-order valence-corrected chi connectivity index (χ3v) is 13.1. The maximum Gasteiger partial charge on any atom is 0.236 e. The largest absolute Gasteiger partial charge is 0.277 e. The van der Waals surface area contributed by atoms with Crippen LogP contribution in [0.15, 0.2) is 164 Å². The van der Waals surface area contributed by atoms with E-state index in [1.807, 2.05) is 11.3 Å². The molecule has 4 heterocycles. The van der Waals surface area contributed by atoms with Crippen molar-refractivity contribution in [3.63, 3.8) is 0 Å². The third-order valence-electron chi connectivity index (χ3n) is 10.8. The van der Waals surface area contributed by atoms with Gasteiger partial charge in [-0.25, -0.2) is 9.97 Å². The fraction of sp³-hybridized carbons (Fsp3) is 0. The molecule has 0 unspecified atom stereocenters. The molecule has 5 heteroatoms. The Morgan fingerprint density at radius 3 is 1.74 bits per heavy atom. The van der Waals surface area contributed by atoms with Crippen LogP contribution in [0.3, 0.4) is 0 Å². The van der Waals surface area contributed by atoms with Gasteiger partial charge in [0.2, 0.25) is 5.95 Å². The van der Waals surface area contributed by atoms with Gasteiger partial charge in [0.15, 0.2) is 0 Å². The molecule has 12 aromatic rings. The standard InChI is InChI=1S/C48H27N3S2/c1-2-14-28(15-3-1)29-26-27-33(31-17-5-4-16-30(29)31)44-42-37-22-10-13-25-40(37)53-47(42)50-48(49-44)51-38-23-11-8-20-35(38)43-45(51)34-19-7-6-18-32(34)41-36-21-9-12-24-39(36)52-46(41)43/h1-27H. The Kier molecular flexibility index (Phi) is 6.09. The molecule has 0 spiro atoms. The molecule has 0 amide bonds. The lowest BCUT2D eigenvalue weighted by Crippen LogP contribution is -2.03. The Labute approximate surface area is 311 Å². The summed E-state index contributed by atoms with van der Waals surface area (Å²) in [6.07, 6.45) is 0. The average molecular weight is 710 g/mol. The van der Waals surface area contributed by atoms with Gasteiger partial charge in [-0.2, -0.15) is 0 Å². The number of thiophene rings is 2. The number of hydrogen-bond acceptors (Lipinski definition) is 4. The lowest BCUT2D eigenvalue weighted by Gasteiger charge is -2.15. The molecule has 12 rings (SSSR count). The van der Waals surface area contributed by atoms with Gasteiger partial charge in [-0.1, -0.05) is 146 Å². The van der Waals surface area contributed by atoms with Gasteiger partial charge in [0.25, 0.3) is 0 Å². The van der Waals surface area contributed by atoms with Crippen LogP contribution in [0, 0.1) is 0 Å². The van der Waals surface area contributed by atoms with Crippen molar-refractivity contribution in [2.45, 2.75) is 0 Å². The summed E-state index contributed by atoms with van der Waals surface area (Å²) in [4.78, 5) is 12.2. The van der Waals surface area contributed by atoms with Crippen molar-refractivity contribution < 1.29 is 0 Å². The van der Waals surface area contributed by atoms with Crippen LogP contribution >= 0.6 is 22.7 Å². The summed E-state index contributed by atoms with van der Waals surface area (Å²) in [5, 5.41) is 12.2. The molecule has 4 aromatic heterocycles. The van der Waals surface area contributed by atoms with Gasteiger partial charge in [0, 0.05) is 57.4 Å². The minimum Gasteiger partial charge on any atom is -0.277 e. The molecular formula is C48H27N3S2. The molecule has 246 valence electrons. The highest BCUT2D eigenvalue weighted by Crippen LogP contribution is 2.49. The molecule has 0 bridgehead atoms. The van der Waals surface area contributed by atoms with Crippen molar-refractivity contribution >= 4 is 106 Å². The van der Waals surface area contributed by atoms with Crippen LogP contribution < -0.4 is 0 Å². The van der Waals surface area contributed by atoms with Crippen LogP contribution in [-0.2, 0) is 0 Å². The second-order valence-electron chi connectivity index (χ2n) is 13.6. The van der Waals surface area contributed by atoms with Crippen molar-refractivity contribution in [3.8, 4) is 28.3 Å². The highest BCUT2D eigenvalue weighted by Gasteiger charge is 2.25. The fourth-order valence-electron chi connectivity index (χ4n) is 8.61. The highest BCUT2D eigenvalue weighted by atomic mass is 32.1. The Balaban J connectivity index is 1.25. The normalized spacial score (nSPS) is 12.2. The maximum absolute atomic E-state index is 5.68. The molecule has 0 saturated heterocycles. The third kappa shape index (κ3) is 4.09. The number of para-hydroxylation sites is 1. The molecule has 0 aliphatic heterocycles. The minimum atomic E-state index is 0.687. The van der Waals surface area contributed by atoms with Gasteiger partial charge in [0.1, 0.15) is 4.83 Å². The van der Waals surface area contributed by atoms with E-state index in [1.54, 1.807) is 11.3 Å². The second-order valence-corrected chi connectivity index (χ2v) is 15.7. The summed E-state index contributed by atoms with van der Waals surface area (Å²) in [5.74, 6) is 0.687. The summed E-state index contributed by atoms with van der Waals surface area (Å²) < 4.78 is 6.15. The molecule has 0 aliphatic carbocycles. The van der Waals surface area contributed by atoms with Crippen LogP contribution in [0.25, 0.3) is 112 Å². The van der Waals surface area contributed by atoms with E-state index in [2.05, 4.69) is 168 Å². The number of hydrogen-bond donors (Lipinski definition) is 0. The first-order valence-corrected chi connectivity index (χ1v) is 19.5. The minimum absolute atomic E-state index is 0.687. The monoisotopic (exact) mass is 709 g/mol. The van der Waals surface area contributed by atoms with Crippen molar-refractivity contribution in [1.29, 1.82) is 0 Å². The van der Waals surface area contributed by atoms with Crippen molar-refractivity contribution in [2.24, 2.45) is 0 Å². The van der Waals surface area contributed by atoms with Crippen molar-refractivity contribution in [1.82, 2.24) is 14.5 Å². The number of benzene rings is 8. The van der Waals surface area contributed by atoms with Gasteiger partial charge in [0.05, 0.1) is 16.7 Å². The number of aromatic nitrogens is 3. The summed E-state index contributed by atoms with van der Waals surface area (Å²) in [5.41, 5.74) is 6.73. The van der Waals surface area contributed by atoms with E-state index in [0.29, 0.717) is 5.95 Å². The molecule has 0 aliphatic rings. The Hall–Kier alpha value is -6.40. The Morgan fingerprint density at radius 2 is 0.962 bits per heavy atom. The zero-order valence-electron chi connectivity index (χ0n) is 28.2. The van der Waals surface area contributed by atoms with E-state index in [-0.39, 0.29) is 0 Å². The van der Waals surface area contributed by atoms with Gasteiger partial charge >= 0.3 is 0 Å². The molecule has 0 N–H and O–H groups in total. The number of fused-ring (bicyclic) bond motifs is 14. The summed E-state index contributed by atoms with van der Waals surface area (Å²) >= 11 is 3.63. The highest BCUT2D eigenvalue weighted by molar-refractivity contribution is 7.27. The molecule has 8 aromatic carbocycles. The van der Waals surface area contributed by atoms with E-state index in [0.717, 1.165) is 32.5 Å². The molecule has 0 fully saturated rings. The Morgan fingerprint density at radius 1 is 0.396 bits per heavy atom. The number of nitrogens with zero attached hydrogens (tertiary/aromatic N) is 3. The van der Waals surface area contributed by atoms with Crippen LogP contribution in [0.2, 0.25) is 0 Å². The van der Waals surface area contributed by atoms with E-state index in [4.69, 9.17) is 9.97 Å². The zero-order valence-corrected chi connectivity index (χ0v) is 29.9. The summed E-state index contributed by atoms with van der Waals surface area (Å²) in [7, 11) is 0. The zero-order chi connectivity index (χ0) is 34.6. The maximum atomic E-state index is 5.68. The molecule has 0 atom stereocenters. The van der Waals surface area contributed by atoms with Crippen LogP contribution in [0.4, 0.5) is 0 Å². The Bertz CT molecular complexity index is 3460. The van der Waals surface area contributed by atoms with E-state index in [1.165, 1.54) is 73.7 Å². The number of rotatable bonds is 3. The lowest BCUT2D eigenvalue weighted by atomic mass is 9.93. The molecule has 53 heavy (non-hydrogen) atoms. The van der Waals surface area contributed by atoms with Gasteiger partial charge < -0.3 is 0 Å². The van der Waals surface area contributed by atoms with Crippen molar-refractivity contribution in [2.75, 3.05) is 0 Å². The average Bonchev–Trinajstić information content (AvgIpc) is 3.90. The molecular weight excluding hydrogens is 683 g/mol. The van der Waals surface area contributed by atoms with Crippen LogP contribution in [-0.4, -0.2) is 14.5 Å². The topological polar surface area (TPSA) is 30.7 Å². The van der Waals surface area contributed by atoms with Crippen LogP contribution in [0.5, 0.6) is 0 Å². The van der Waals surface area contributed by atoms with Gasteiger partial charge in [-0.3, -0.25) is 4.57 Å². The predicted molar refractivity (Wildman–Crippen MR) is 228 cm³/mol. The van der Waals surface area contributed by atoms with Gasteiger partial charge in [-0.15, -0.1) is 22.7 Å². The molecule has 0 saturated carbocycles. The quantitative estimate of drug-likeness (QED) is 0.183. The van der Waals surface area contributed by atoms with Crippen molar-refractivity contribution in [3.05, 3.63) is 164 Å². The lowest BCUT2D eigenvalue weighted by molar-refractivity contribution is 1.02. The van der Waals surface area contributed by atoms with E-state index in [9.17, 15) is 0 Å². The smallest absolute Gasteiger partial charge is 0.236 e. The summed E-state index contributed by atoms with van der Waals surface area (Å²) in [6.45, 7) is 0. The fourth-order valence-corrected chi connectivity index (χ4v) is 11.0. The van der Waals surface area contributed by atoms with Crippen LogP contribution in [0.1, 0.15) is 0 Å². The predicted octanol–water partition coefficient (Wildman–Crippen LogP) is 13.9. The molecule has 0 radical (unpaired) electrons. The second kappa shape index (κ2) is 11.1. The first-order valence-electron chi connectivity index (χ1n) is 17.8.